The van der Waals surface area contributed by atoms with Crippen molar-refractivity contribution in [3.63, 3.8) is 0 Å². The smallest absolute Gasteiger partial charge is 0.339 e. The number of carbonyl (C=O) groups is 1. The second-order valence-corrected chi connectivity index (χ2v) is 4.17. The van der Waals surface area contributed by atoms with E-state index in [1.807, 2.05) is 31.2 Å². The van der Waals surface area contributed by atoms with E-state index in [1.54, 1.807) is 11.8 Å². The van der Waals surface area contributed by atoms with Crippen LogP contribution in [0, 0.1) is 0 Å². The third kappa shape index (κ3) is 2.59. The minimum atomic E-state index is -0.941. The van der Waals surface area contributed by atoms with Gasteiger partial charge in [-0.25, -0.2) is 9.48 Å². The molecule has 19 heavy (non-hydrogen) atoms. The van der Waals surface area contributed by atoms with Gasteiger partial charge in [-0.15, -0.1) is 0 Å². The van der Waals surface area contributed by atoms with Gasteiger partial charge in [0.1, 0.15) is 11.3 Å². The summed E-state index contributed by atoms with van der Waals surface area (Å²) < 4.78 is 6.78. The zero-order valence-electron chi connectivity index (χ0n) is 11.0. The Balaban J connectivity index is 2.45. The molecule has 5 nitrogen and oxygen atoms in total. The van der Waals surface area contributed by atoms with Crippen LogP contribution in [-0.2, 0) is 6.42 Å². The van der Waals surface area contributed by atoms with Crippen molar-refractivity contribution in [3.8, 4) is 11.4 Å². The van der Waals surface area contributed by atoms with Crippen molar-refractivity contribution >= 4 is 5.97 Å². The number of methoxy groups -OCH3 is 1. The highest BCUT2D eigenvalue weighted by Crippen LogP contribution is 2.19. The molecule has 1 aromatic heterocycles. The Kier molecular flexibility index (Phi) is 3.85. The van der Waals surface area contributed by atoms with Crippen molar-refractivity contribution in [1.82, 2.24) is 9.78 Å². The molecule has 0 spiro atoms. The Morgan fingerprint density at radius 1 is 1.37 bits per heavy atom. The Hall–Kier alpha value is -2.30. The van der Waals surface area contributed by atoms with Crippen LogP contribution in [0.5, 0.6) is 5.75 Å². The molecule has 0 saturated heterocycles. The lowest BCUT2D eigenvalue weighted by atomic mass is 10.1. The van der Waals surface area contributed by atoms with Gasteiger partial charge in [-0.3, -0.25) is 0 Å². The first-order valence-electron chi connectivity index (χ1n) is 6.12. The topological polar surface area (TPSA) is 64.3 Å². The lowest BCUT2D eigenvalue weighted by Crippen LogP contribution is -2.06. The molecule has 0 radical (unpaired) electrons. The number of hydrogen-bond donors (Lipinski definition) is 1. The molecular formula is C14H16N2O3. The van der Waals surface area contributed by atoms with Crippen LogP contribution in [0.1, 0.15) is 29.4 Å². The molecule has 0 saturated carbocycles. The van der Waals surface area contributed by atoms with Gasteiger partial charge in [0.05, 0.1) is 24.7 Å². The quantitative estimate of drug-likeness (QED) is 0.897. The Bertz CT molecular complexity index is 573. The molecule has 2 aromatic rings. The van der Waals surface area contributed by atoms with E-state index in [2.05, 4.69) is 5.10 Å². The number of aromatic carboxylic acids is 1. The maximum absolute atomic E-state index is 11.2. The summed E-state index contributed by atoms with van der Waals surface area (Å²) >= 11 is 0. The minimum Gasteiger partial charge on any atom is -0.497 e. The molecule has 0 aliphatic heterocycles. The Morgan fingerprint density at radius 3 is 2.58 bits per heavy atom. The highest BCUT2D eigenvalue weighted by atomic mass is 16.5. The van der Waals surface area contributed by atoms with E-state index in [0.29, 0.717) is 6.42 Å². The summed E-state index contributed by atoms with van der Waals surface area (Å²) in [6.07, 6.45) is 2.94. The number of ether oxygens (including phenoxy) is 1. The third-order valence-corrected chi connectivity index (χ3v) is 2.90. The van der Waals surface area contributed by atoms with Crippen LogP contribution in [0.15, 0.2) is 30.5 Å². The van der Waals surface area contributed by atoms with E-state index in [0.717, 1.165) is 23.6 Å². The van der Waals surface area contributed by atoms with Gasteiger partial charge < -0.3 is 9.84 Å². The van der Waals surface area contributed by atoms with Crippen LogP contribution in [0.3, 0.4) is 0 Å². The van der Waals surface area contributed by atoms with Crippen molar-refractivity contribution in [2.45, 2.75) is 19.8 Å². The van der Waals surface area contributed by atoms with Crippen molar-refractivity contribution in [3.05, 3.63) is 41.7 Å². The van der Waals surface area contributed by atoms with Gasteiger partial charge in [0, 0.05) is 0 Å². The molecule has 0 amide bonds. The number of nitrogens with zero attached hydrogens (tertiary/aromatic N) is 2. The van der Waals surface area contributed by atoms with Crippen LogP contribution in [0.4, 0.5) is 0 Å². The standard InChI is InChI=1S/C14H16N2O3/c1-3-4-13-12(14(17)18)9-15-16(13)10-5-7-11(19-2)8-6-10/h5-9H,3-4H2,1-2H3,(H,17,18). The highest BCUT2D eigenvalue weighted by Gasteiger charge is 2.16. The van der Waals surface area contributed by atoms with Gasteiger partial charge in [0.15, 0.2) is 0 Å². The van der Waals surface area contributed by atoms with E-state index in [1.165, 1.54) is 6.20 Å². The lowest BCUT2D eigenvalue weighted by Gasteiger charge is -2.08. The fourth-order valence-electron chi connectivity index (χ4n) is 1.98. The largest absolute Gasteiger partial charge is 0.497 e. The second-order valence-electron chi connectivity index (χ2n) is 4.17. The zero-order valence-corrected chi connectivity index (χ0v) is 11.0. The van der Waals surface area contributed by atoms with Gasteiger partial charge in [-0.1, -0.05) is 13.3 Å². The van der Waals surface area contributed by atoms with Crippen molar-refractivity contribution < 1.29 is 14.6 Å². The molecule has 1 heterocycles. The second kappa shape index (κ2) is 5.56. The monoisotopic (exact) mass is 260 g/mol. The molecule has 0 aliphatic carbocycles. The lowest BCUT2D eigenvalue weighted by molar-refractivity contribution is 0.0695. The average molecular weight is 260 g/mol. The number of carboxylic acid groups (broad SMARTS) is 1. The van der Waals surface area contributed by atoms with Crippen molar-refractivity contribution in [2.75, 3.05) is 7.11 Å². The van der Waals surface area contributed by atoms with Gasteiger partial charge in [-0.2, -0.15) is 5.10 Å². The number of rotatable bonds is 5. The molecule has 5 heteroatoms. The summed E-state index contributed by atoms with van der Waals surface area (Å²) in [4.78, 5) is 11.2. The molecule has 0 unspecified atom stereocenters. The molecule has 2 rings (SSSR count). The van der Waals surface area contributed by atoms with Gasteiger partial charge in [-0.05, 0) is 30.7 Å². The fourth-order valence-corrected chi connectivity index (χ4v) is 1.98. The summed E-state index contributed by atoms with van der Waals surface area (Å²) in [5.74, 6) is -0.186. The highest BCUT2D eigenvalue weighted by molar-refractivity contribution is 5.88. The predicted molar refractivity (Wildman–Crippen MR) is 71.1 cm³/mol. The van der Waals surface area contributed by atoms with Crippen molar-refractivity contribution in [2.24, 2.45) is 0 Å². The first-order valence-corrected chi connectivity index (χ1v) is 6.12. The molecule has 0 aliphatic rings. The molecule has 100 valence electrons. The predicted octanol–water partition coefficient (Wildman–Crippen LogP) is 2.53. The maximum atomic E-state index is 11.2. The van der Waals surface area contributed by atoms with Gasteiger partial charge in [0.2, 0.25) is 0 Å². The zero-order chi connectivity index (χ0) is 13.8. The first-order chi connectivity index (χ1) is 9.17. The van der Waals surface area contributed by atoms with E-state index < -0.39 is 5.97 Å². The van der Waals surface area contributed by atoms with Crippen LogP contribution in [-0.4, -0.2) is 28.0 Å². The Labute approximate surface area is 111 Å². The number of carboxylic acids is 1. The van der Waals surface area contributed by atoms with E-state index in [9.17, 15) is 4.79 Å². The van der Waals surface area contributed by atoms with E-state index in [4.69, 9.17) is 9.84 Å². The first kappa shape index (κ1) is 13.1. The minimum absolute atomic E-state index is 0.262. The average Bonchev–Trinajstić information content (AvgIpc) is 2.83. The van der Waals surface area contributed by atoms with Gasteiger partial charge >= 0.3 is 5.97 Å². The molecule has 0 bridgehead atoms. The van der Waals surface area contributed by atoms with Crippen molar-refractivity contribution in [1.29, 1.82) is 0 Å². The van der Waals surface area contributed by atoms with Crippen LogP contribution in [0.25, 0.3) is 5.69 Å². The molecule has 1 aromatic carbocycles. The maximum Gasteiger partial charge on any atom is 0.339 e. The molecule has 0 atom stereocenters. The van der Waals surface area contributed by atoms with Crippen LogP contribution in [0.2, 0.25) is 0 Å². The van der Waals surface area contributed by atoms with Gasteiger partial charge in [0.25, 0.3) is 0 Å². The number of hydrogen-bond acceptors (Lipinski definition) is 3. The SMILES string of the molecule is CCCc1c(C(=O)O)cnn1-c1ccc(OC)cc1. The van der Waals surface area contributed by atoms with E-state index in [-0.39, 0.29) is 5.56 Å². The van der Waals surface area contributed by atoms with E-state index >= 15 is 0 Å². The third-order valence-electron chi connectivity index (χ3n) is 2.90. The summed E-state index contributed by atoms with van der Waals surface area (Å²) in [7, 11) is 1.61. The number of benzene rings is 1. The summed E-state index contributed by atoms with van der Waals surface area (Å²) in [5.41, 5.74) is 1.81. The van der Waals surface area contributed by atoms with Crippen LogP contribution >= 0.6 is 0 Å². The molecule has 1 N–H and O–H groups in total. The summed E-state index contributed by atoms with van der Waals surface area (Å²) in [5, 5.41) is 13.3. The summed E-state index contributed by atoms with van der Waals surface area (Å²) in [6, 6.07) is 7.37. The number of aromatic nitrogens is 2. The fraction of sp³-hybridized carbons (Fsp3) is 0.286. The van der Waals surface area contributed by atoms with Crippen LogP contribution < -0.4 is 4.74 Å². The Morgan fingerprint density at radius 2 is 2.05 bits per heavy atom. The molecular weight excluding hydrogens is 244 g/mol. The molecule has 0 fully saturated rings. The summed E-state index contributed by atoms with van der Waals surface area (Å²) in [6.45, 7) is 2.01. The normalized spacial score (nSPS) is 10.4.